The molecule has 1 spiro atoms. The van der Waals surface area contributed by atoms with Crippen molar-refractivity contribution < 1.29 is 23.8 Å². The smallest absolute Gasteiger partial charge is 0.260 e. The molecule has 2 aliphatic heterocycles. The molecule has 0 radical (unpaired) electrons. The zero-order chi connectivity index (χ0) is 21.3. The van der Waals surface area contributed by atoms with Crippen LogP contribution in [-0.2, 0) is 4.79 Å². The maximum absolute atomic E-state index is 12.6. The van der Waals surface area contributed by atoms with Crippen molar-refractivity contribution in [1.29, 1.82) is 0 Å². The molecule has 0 aliphatic carbocycles. The number of carbonyl (C=O) groups is 2. The van der Waals surface area contributed by atoms with E-state index in [1.165, 1.54) is 0 Å². The van der Waals surface area contributed by atoms with Gasteiger partial charge in [-0.05, 0) is 24.3 Å². The molecule has 1 saturated heterocycles. The Balaban J connectivity index is 1.38. The molecule has 2 aliphatic rings. The monoisotopic (exact) mass is 449 g/mol. The van der Waals surface area contributed by atoms with Crippen molar-refractivity contribution in [3.8, 4) is 17.2 Å². The van der Waals surface area contributed by atoms with Crippen molar-refractivity contribution in [2.24, 2.45) is 0 Å². The molecule has 0 N–H and O–H groups in total. The summed E-state index contributed by atoms with van der Waals surface area (Å²) in [4.78, 5) is 27.0. The Morgan fingerprint density at radius 2 is 1.93 bits per heavy atom. The number of nitrogens with zero attached hydrogens (tertiary/aromatic N) is 1. The second-order valence-corrected chi connectivity index (χ2v) is 8.33. The van der Waals surface area contributed by atoms with Gasteiger partial charge in [0.05, 0.1) is 24.1 Å². The molecular weight excluding hydrogens is 429 g/mol. The van der Waals surface area contributed by atoms with Crippen molar-refractivity contribution in [2.75, 3.05) is 26.8 Å². The second-order valence-electron chi connectivity index (χ2n) is 7.49. The first-order valence-corrected chi connectivity index (χ1v) is 10.4. The Hall–Kier alpha value is -2.44. The fraction of sp³-hybridized carbons (Fsp3) is 0.364. The number of likely N-dealkylation sites (tertiary alicyclic amines) is 1. The zero-order valence-electron chi connectivity index (χ0n) is 16.5. The Kier molecular flexibility index (Phi) is 5.80. The summed E-state index contributed by atoms with van der Waals surface area (Å²) in [7, 11) is 1.57. The van der Waals surface area contributed by atoms with Gasteiger partial charge < -0.3 is 19.1 Å². The number of methoxy groups -OCH3 is 1. The third-order valence-corrected chi connectivity index (χ3v) is 6.12. The average molecular weight is 450 g/mol. The second kappa shape index (κ2) is 8.36. The van der Waals surface area contributed by atoms with Crippen molar-refractivity contribution in [3.63, 3.8) is 0 Å². The first-order chi connectivity index (χ1) is 14.4. The van der Waals surface area contributed by atoms with Crippen molar-refractivity contribution in [2.45, 2.75) is 24.9 Å². The molecule has 0 saturated carbocycles. The van der Waals surface area contributed by atoms with Crippen LogP contribution in [0.2, 0.25) is 10.0 Å². The molecule has 2 aromatic rings. The molecule has 0 atom stereocenters. The summed E-state index contributed by atoms with van der Waals surface area (Å²) in [6.07, 6.45) is 1.45. The number of benzene rings is 2. The molecule has 8 heteroatoms. The predicted octanol–water partition coefficient (Wildman–Crippen LogP) is 4.41. The third-order valence-electron chi connectivity index (χ3n) is 5.57. The molecule has 0 aromatic heterocycles. The molecule has 1 amide bonds. The van der Waals surface area contributed by atoms with E-state index >= 15 is 0 Å². The highest BCUT2D eigenvalue weighted by Crippen LogP contribution is 2.40. The molecule has 4 rings (SSSR count). The van der Waals surface area contributed by atoms with Crippen LogP contribution in [-0.4, -0.2) is 49.0 Å². The van der Waals surface area contributed by atoms with Crippen LogP contribution in [0.3, 0.4) is 0 Å². The SMILES string of the molecule is COc1ccc2c(c1)OC1(CCN(C(=O)COc3cc(Cl)ccc3Cl)CC1)CC2=O. The Labute approximate surface area is 184 Å². The van der Waals surface area contributed by atoms with Gasteiger partial charge in [-0.25, -0.2) is 0 Å². The standard InChI is InChI=1S/C22H21Cl2NO5/c1-28-15-3-4-16-18(26)12-22(30-19(16)11-15)6-8-25(9-7-22)21(27)13-29-20-10-14(23)2-5-17(20)24/h2-5,10-11H,6-9,12-13H2,1H3. The van der Waals surface area contributed by atoms with Gasteiger partial charge in [0.2, 0.25) is 0 Å². The van der Waals surface area contributed by atoms with E-state index in [1.54, 1.807) is 48.4 Å². The fourth-order valence-corrected chi connectivity index (χ4v) is 4.20. The van der Waals surface area contributed by atoms with Crippen LogP contribution in [0, 0.1) is 0 Å². The number of ether oxygens (including phenoxy) is 3. The number of amides is 1. The lowest BCUT2D eigenvalue weighted by Crippen LogP contribution is -2.53. The molecule has 0 bridgehead atoms. The number of ketones is 1. The van der Waals surface area contributed by atoms with E-state index in [0.29, 0.717) is 65.2 Å². The average Bonchev–Trinajstić information content (AvgIpc) is 2.74. The van der Waals surface area contributed by atoms with E-state index in [9.17, 15) is 9.59 Å². The Morgan fingerprint density at radius 1 is 1.17 bits per heavy atom. The highest BCUT2D eigenvalue weighted by Gasteiger charge is 2.43. The number of carbonyl (C=O) groups excluding carboxylic acids is 2. The van der Waals surface area contributed by atoms with Crippen molar-refractivity contribution in [1.82, 2.24) is 4.90 Å². The van der Waals surface area contributed by atoms with E-state index in [4.69, 9.17) is 37.4 Å². The lowest BCUT2D eigenvalue weighted by molar-refractivity contribution is -0.136. The number of hydrogen-bond acceptors (Lipinski definition) is 5. The van der Waals surface area contributed by atoms with Gasteiger partial charge in [0.25, 0.3) is 5.91 Å². The van der Waals surface area contributed by atoms with E-state index in [2.05, 4.69) is 0 Å². The maximum atomic E-state index is 12.6. The lowest BCUT2D eigenvalue weighted by Gasteiger charge is -2.43. The molecule has 158 valence electrons. The number of Topliss-reactive ketones (excluding diaryl/α,β-unsaturated/α-hetero) is 1. The van der Waals surface area contributed by atoms with Crippen LogP contribution in [0.1, 0.15) is 29.6 Å². The van der Waals surface area contributed by atoms with Crippen molar-refractivity contribution in [3.05, 3.63) is 52.0 Å². The predicted molar refractivity (Wildman–Crippen MR) is 113 cm³/mol. The molecule has 30 heavy (non-hydrogen) atoms. The van der Waals surface area contributed by atoms with Gasteiger partial charge in [-0.15, -0.1) is 0 Å². The van der Waals surface area contributed by atoms with Crippen LogP contribution >= 0.6 is 23.2 Å². The van der Waals surface area contributed by atoms with Gasteiger partial charge in [-0.3, -0.25) is 9.59 Å². The summed E-state index contributed by atoms with van der Waals surface area (Å²) >= 11 is 12.0. The number of piperidine rings is 1. The minimum Gasteiger partial charge on any atom is -0.497 e. The van der Waals surface area contributed by atoms with Crippen LogP contribution in [0.25, 0.3) is 0 Å². The molecule has 0 unspecified atom stereocenters. The maximum Gasteiger partial charge on any atom is 0.260 e. The van der Waals surface area contributed by atoms with E-state index in [1.807, 2.05) is 0 Å². The summed E-state index contributed by atoms with van der Waals surface area (Å²) in [5.41, 5.74) is -0.0172. The summed E-state index contributed by atoms with van der Waals surface area (Å²) in [5, 5.41) is 0.880. The molecular formula is C22H21Cl2NO5. The van der Waals surface area contributed by atoms with E-state index in [0.717, 1.165) is 0 Å². The lowest BCUT2D eigenvalue weighted by atomic mass is 9.82. The number of fused-ring (bicyclic) bond motifs is 1. The minimum absolute atomic E-state index is 0.0533. The molecule has 1 fully saturated rings. The van der Waals surface area contributed by atoms with E-state index < -0.39 is 5.60 Å². The largest absolute Gasteiger partial charge is 0.497 e. The first kappa shape index (κ1) is 20.8. The van der Waals surface area contributed by atoms with Gasteiger partial charge in [0.1, 0.15) is 22.8 Å². The van der Waals surface area contributed by atoms with Gasteiger partial charge in [-0.2, -0.15) is 0 Å². The molecule has 6 nitrogen and oxygen atoms in total. The fourth-order valence-electron chi connectivity index (χ4n) is 3.86. The van der Waals surface area contributed by atoms with Gasteiger partial charge in [0.15, 0.2) is 12.4 Å². The minimum atomic E-state index is -0.593. The van der Waals surface area contributed by atoms with Gasteiger partial charge in [-0.1, -0.05) is 23.2 Å². The summed E-state index contributed by atoms with van der Waals surface area (Å²) < 4.78 is 17.1. The summed E-state index contributed by atoms with van der Waals surface area (Å²) in [5.74, 6) is 1.47. The van der Waals surface area contributed by atoms with Gasteiger partial charge in [0, 0.05) is 43.1 Å². The quantitative estimate of drug-likeness (QED) is 0.691. The molecule has 2 heterocycles. The zero-order valence-corrected chi connectivity index (χ0v) is 18.0. The topological polar surface area (TPSA) is 65.1 Å². The van der Waals surface area contributed by atoms with Crippen molar-refractivity contribution >= 4 is 34.9 Å². The summed E-state index contributed by atoms with van der Waals surface area (Å²) in [6, 6.07) is 10.1. The Morgan fingerprint density at radius 3 is 2.67 bits per heavy atom. The number of rotatable bonds is 4. The van der Waals surface area contributed by atoms with Crippen LogP contribution in [0.15, 0.2) is 36.4 Å². The number of hydrogen-bond donors (Lipinski definition) is 0. The van der Waals surface area contributed by atoms with Crippen LogP contribution in [0.5, 0.6) is 17.2 Å². The molecule has 2 aromatic carbocycles. The van der Waals surface area contributed by atoms with Crippen LogP contribution < -0.4 is 14.2 Å². The van der Waals surface area contributed by atoms with Gasteiger partial charge >= 0.3 is 0 Å². The third kappa shape index (κ3) is 4.20. The van der Waals surface area contributed by atoms with Crippen LogP contribution in [0.4, 0.5) is 0 Å². The van der Waals surface area contributed by atoms with E-state index in [-0.39, 0.29) is 18.3 Å². The number of halogens is 2. The summed E-state index contributed by atoms with van der Waals surface area (Å²) in [6.45, 7) is 0.836. The highest BCUT2D eigenvalue weighted by atomic mass is 35.5. The highest BCUT2D eigenvalue weighted by molar-refractivity contribution is 6.34. The first-order valence-electron chi connectivity index (χ1n) is 9.65. The normalized spacial score (nSPS) is 17.3. The Bertz CT molecular complexity index is 985.